The lowest BCUT2D eigenvalue weighted by Crippen LogP contribution is -2.60. The van der Waals surface area contributed by atoms with Crippen LogP contribution in [0, 0.1) is 11.8 Å². The Kier molecular flexibility index (Phi) is 11.5. The summed E-state index contributed by atoms with van der Waals surface area (Å²) in [6, 6.07) is 34.6. The quantitative estimate of drug-likeness (QED) is 0.0620. The van der Waals surface area contributed by atoms with E-state index in [0.29, 0.717) is 41.1 Å². The van der Waals surface area contributed by atoms with Crippen LogP contribution in [0.2, 0.25) is 0 Å². The lowest BCUT2D eigenvalue weighted by atomic mass is 9.65. The van der Waals surface area contributed by atoms with E-state index in [0.717, 1.165) is 17.5 Å². The van der Waals surface area contributed by atoms with Crippen LogP contribution >= 0.6 is 0 Å². The molecule has 70 heavy (non-hydrogen) atoms. The SMILES string of the molecule is C=CCOC(=O)[C@H]1[C@@H]2C(=O)O[C@@H](c3ccccc3)[C@@H](c3ccccc3)N2[C@@H](c2ccc(OCCOC(=O)[C@H]3C[C@H]4C(=O)N5CCC[C@H]5C(=O)N4[C@H]3c3ccc(O)cc3)cc2)[C@]12C(=O)Nc1ccccc12. The number of phenolic OH excluding ortho intramolecular Hbond substituents is 1. The molecule has 2 N–H and O–H groups in total. The molecule has 6 heterocycles. The first-order chi connectivity index (χ1) is 34.1. The number of rotatable bonds is 12. The summed E-state index contributed by atoms with van der Waals surface area (Å²) in [7, 11) is 0. The molecule has 356 valence electrons. The number of anilines is 1. The molecule has 5 aromatic rings. The third-order valence-corrected chi connectivity index (χ3v) is 15.0. The van der Waals surface area contributed by atoms with Crippen LogP contribution in [0.3, 0.4) is 0 Å². The molecule has 0 radical (unpaired) electrons. The molecule has 6 aliphatic rings. The van der Waals surface area contributed by atoms with Crippen molar-refractivity contribution >= 4 is 41.3 Å². The Morgan fingerprint density at radius 1 is 0.729 bits per heavy atom. The maximum absolute atomic E-state index is 15.1. The molecule has 15 heteroatoms. The first-order valence-corrected chi connectivity index (χ1v) is 23.7. The predicted molar refractivity (Wildman–Crippen MR) is 251 cm³/mol. The minimum absolute atomic E-state index is 0.0318. The zero-order valence-electron chi connectivity index (χ0n) is 38.0. The molecule has 0 bridgehead atoms. The molecule has 0 aliphatic carbocycles. The van der Waals surface area contributed by atoms with E-state index < -0.39 is 83.4 Å². The van der Waals surface area contributed by atoms with Gasteiger partial charge in [0.15, 0.2) is 0 Å². The molecule has 15 nitrogen and oxygen atoms in total. The van der Waals surface area contributed by atoms with Gasteiger partial charge in [-0.1, -0.05) is 116 Å². The number of hydrogen-bond donors (Lipinski definition) is 2. The summed E-state index contributed by atoms with van der Waals surface area (Å²) >= 11 is 0. The number of carbonyl (C=O) groups is 6. The Bertz CT molecular complexity index is 2880. The average molecular weight is 943 g/mol. The number of cyclic esters (lactones) is 1. The summed E-state index contributed by atoms with van der Waals surface area (Å²) in [5, 5.41) is 13.1. The van der Waals surface area contributed by atoms with Crippen LogP contribution < -0.4 is 10.1 Å². The van der Waals surface area contributed by atoms with Crippen molar-refractivity contribution < 1.29 is 52.8 Å². The highest BCUT2D eigenvalue weighted by molar-refractivity contribution is 6.11. The van der Waals surface area contributed by atoms with Crippen molar-refractivity contribution in [2.75, 3.05) is 31.7 Å². The molecule has 0 aromatic heterocycles. The number of fused-ring (bicyclic) bond motifs is 5. The largest absolute Gasteiger partial charge is 0.508 e. The standard InChI is InChI=1S/C55H50N4O11/c1-2-28-68-52(64)43-46-53(65)70-47(34-14-7-4-8-15-34)45(32-12-5-3-6-13-32)59(46)48(55(43)39-16-9-10-17-40(39)56-54(55)66)35-21-25-37(26-22-35)67-29-30-69-51(63)38-31-42-49(61)57-27-11-18-41(57)50(62)58(42)44(38)33-19-23-36(60)24-20-33/h2-10,12-17,19-26,38,41-48,60H,1,11,18,27-31H2,(H,56,66)/t38-,41-,42-,43+,44-,45+,46+,47-,48-,55+/m0/s1. The molecule has 1 spiro atoms. The van der Waals surface area contributed by atoms with E-state index in [9.17, 15) is 29.1 Å². The predicted octanol–water partition coefficient (Wildman–Crippen LogP) is 6.28. The minimum Gasteiger partial charge on any atom is -0.508 e. The highest BCUT2D eigenvalue weighted by Crippen LogP contribution is 2.65. The topological polar surface area (TPSA) is 181 Å². The fourth-order valence-corrected chi connectivity index (χ4v) is 12.2. The van der Waals surface area contributed by atoms with Crippen LogP contribution in [0.4, 0.5) is 5.69 Å². The number of carbonyl (C=O) groups excluding carboxylic acids is 6. The number of hydrogen-bond acceptors (Lipinski definition) is 12. The molecule has 6 aliphatic heterocycles. The van der Waals surface area contributed by atoms with E-state index in [1.165, 1.54) is 18.2 Å². The van der Waals surface area contributed by atoms with Gasteiger partial charge in [-0.2, -0.15) is 0 Å². The fourth-order valence-electron chi connectivity index (χ4n) is 12.2. The zero-order valence-corrected chi connectivity index (χ0v) is 38.0. The number of benzene rings is 5. The third kappa shape index (κ3) is 7.12. The molecule has 10 atom stereocenters. The summed E-state index contributed by atoms with van der Waals surface area (Å²) in [4.78, 5) is 91.3. The molecule has 0 unspecified atom stereocenters. The number of aromatic hydroxyl groups is 1. The molecular weight excluding hydrogens is 893 g/mol. The second-order valence-corrected chi connectivity index (χ2v) is 18.6. The number of nitrogens with one attached hydrogen (secondary N) is 1. The summed E-state index contributed by atoms with van der Waals surface area (Å²) < 4.78 is 24.2. The van der Waals surface area contributed by atoms with Gasteiger partial charge < -0.3 is 39.2 Å². The van der Waals surface area contributed by atoms with E-state index in [1.807, 2.05) is 83.8 Å². The number of phenols is 1. The van der Waals surface area contributed by atoms with Crippen molar-refractivity contribution in [2.24, 2.45) is 11.8 Å². The second kappa shape index (κ2) is 17.9. The van der Waals surface area contributed by atoms with Crippen molar-refractivity contribution in [3.63, 3.8) is 0 Å². The van der Waals surface area contributed by atoms with Gasteiger partial charge >= 0.3 is 17.9 Å². The smallest absolute Gasteiger partial charge is 0.325 e. The first kappa shape index (κ1) is 44.7. The van der Waals surface area contributed by atoms with Crippen molar-refractivity contribution in [3.05, 3.63) is 174 Å². The lowest BCUT2D eigenvalue weighted by molar-refractivity contribution is -0.180. The van der Waals surface area contributed by atoms with E-state index in [4.69, 9.17) is 18.9 Å². The van der Waals surface area contributed by atoms with Gasteiger partial charge in [0.25, 0.3) is 0 Å². The van der Waals surface area contributed by atoms with Crippen LogP contribution in [-0.4, -0.2) is 99.9 Å². The van der Waals surface area contributed by atoms with Crippen molar-refractivity contribution in [2.45, 2.75) is 67.0 Å². The normalized spacial score (nSPS) is 28.6. The van der Waals surface area contributed by atoms with Gasteiger partial charge in [0, 0.05) is 12.2 Å². The number of nitrogens with zero attached hydrogens (tertiary/aromatic N) is 3. The first-order valence-electron chi connectivity index (χ1n) is 23.7. The molecule has 5 fully saturated rings. The van der Waals surface area contributed by atoms with E-state index in [1.54, 1.807) is 52.3 Å². The Hall–Kier alpha value is -7.78. The van der Waals surface area contributed by atoms with E-state index in [-0.39, 0.29) is 43.8 Å². The molecule has 5 saturated heterocycles. The molecule has 3 amide bonds. The third-order valence-electron chi connectivity index (χ3n) is 15.0. The Morgan fingerprint density at radius 3 is 2.13 bits per heavy atom. The summed E-state index contributed by atoms with van der Waals surface area (Å²) in [5.74, 6) is -4.56. The lowest BCUT2D eigenvalue weighted by Gasteiger charge is -2.46. The average Bonchev–Trinajstić information content (AvgIpc) is 4.18. The zero-order chi connectivity index (χ0) is 48.3. The van der Waals surface area contributed by atoms with E-state index in [2.05, 4.69) is 11.9 Å². The molecule has 5 aromatic carbocycles. The molecule has 0 saturated carbocycles. The monoisotopic (exact) mass is 942 g/mol. The van der Waals surface area contributed by atoms with Crippen molar-refractivity contribution in [3.8, 4) is 11.5 Å². The highest BCUT2D eigenvalue weighted by atomic mass is 16.6. The number of morpholine rings is 1. The maximum Gasteiger partial charge on any atom is 0.325 e. The number of esters is 3. The number of piperazine rings is 1. The number of amides is 3. The van der Waals surface area contributed by atoms with Gasteiger partial charge in [-0.15, -0.1) is 0 Å². The van der Waals surface area contributed by atoms with Crippen LogP contribution in [0.15, 0.2) is 146 Å². The van der Waals surface area contributed by atoms with Gasteiger partial charge in [0.2, 0.25) is 17.7 Å². The van der Waals surface area contributed by atoms with E-state index >= 15 is 4.79 Å². The number of ether oxygens (including phenoxy) is 4. The van der Waals surface area contributed by atoms with Gasteiger partial charge in [-0.05, 0) is 77.4 Å². The molecular formula is C55H50N4O11. The number of para-hydroxylation sites is 1. The Morgan fingerprint density at radius 2 is 1.40 bits per heavy atom. The summed E-state index contributed by atoms with van der Waals surface area (Å²) in [6.45, 7) is 3.90. The Balaban J connectivity index is 0.902. The van der Waals surface area contributed by atoms with Crippen LogP contribution in [0.25, 0.3) is 0 Å². The summed E-state index contributed by atoms with van der Waals surface area (Å²) in [5.41, 5.74) is 2.13. The highest BCUT2D eigenvalue weighted by Gasteiger charge is 2.74. The molecule has 11 rings (SSSR count). The Labute approximate surface area is 403 Å². The van der Waals surface area contributed by atoms with Gasteiger partial charge in [-0.3, -0.25) is 33.7 Å². The van der Waals surface area contributed by atoms with Crippen LogP contribution in [0.5, 0.6) is 11.5 Å². The van der Waals surface area contributed by atoms with Crippen molar-refractivity contribution in [1.29, 1.82) is 0 Å². The van der Waals surface area contributed by atoms with Crippen molar-refractivity contribution in [1.82, 2.24) is 14.7 Å². The maximum atomic E-state index is 15.1. The van der Waals surface area contributed by atoms with Gasteiger partial charge in [-0.25, -0.2) is 0 Å². The fraction of sp³-hybridized carbons (Fsp3) is 0.309. The van der Waals surface area contributed by atoms with Gasteiger partial charge in [0.05, 0.1) is 24.0 Å². The minimum atomic E-state index is -1.69. The van der Waals surface area contributed by atoms with Gasteiger partial charge in [0.1, 0.15) is 66.9 Å². The second-order valence-electron chi connectivity index (χ2n) is 18.6. The van der Waals surface area contributed by atoms with Crippen LogP contribution in [0.1, 0.15) is 71.3 Å². The summed E-state index contributed by atoms with van der Waals surface area (Å²) in [6.07, 6.45) is 2.01. The van der Waals surface area contributed by atoms with Crippen LogP contribution in [-0.2, 0) is 48.4 Å².